The second-order valence-corrected chi connectivity index (χ2v) is 6.45. The molecule has 0 unspecified atom stereocenters. The van der Waals surface area contributed by atoms with Crippen molar-refractivity contribution >= 4 is 23.6 Å². The number of nitrogens with zero attached hydrogens (tertiary/aromatic N) is 5. The predicted octanol–water partition coefficient (Wildman–Crippen LogP) is 1.35. The van der Waals surface area contributed by atoms with Gasteiger partial charge in [-0.3, -0.25) is 10.00 Å². The topological polar surface area (TPSA) is 53.0 Å². The first-order valence-electron chi connectivity index (χ1n) is 6.60. The van der Waals surface area contributed by atoms with Gasteiger partial charge in [-0.1, -0.05) is 0 Å². The minimum absolute atomic E-state index is 0.619. The summed E-state index contributed by atoms with van der Waals surface area (Å²) in [6.45, 7) is 5.40. The number of likely N-dealkylation sites (N-methyl/N-ethyl adjacent to an activating group) is 1. The molecule has 0 bridgehead atoms. The van der Waals surface area contributed by atoms with E-state index < -0.39 is 0 Å². The quantitative estimate of drug-likeness (QED) is 0.867. The van der Waals surface area contributed by atoms with Crippen molar-refractivity contribution in [1.29, 1.82) is 0 Å². The summed E-state index contributed by atoms with van der Waals surface area (Å²) in [4.78, 5) is 9.49. The minimum atomic E-state index is 0.619. The van der Waals surface area contributed by atoms with Gasteiger partial charge in [0.25, 0.3) is 0 Å². The third-order valence-electron chi connectivity index (χ3n) is 3.62. The largest absolute Gasteiger partial charge is 0.304 e. The number of aromatic nitrogens is 4. The van der Waals surface area contributed by atoms with E-state index in [-0.39, 0.29) is 0 Å². The normalized spacial score (nSPS) is 17.7. The fraction of sp³-hybridized carbons (Fsp3) is 0.583. The summed E-state index contributed by atoms with van der Waals surface area (Å²) in [5, 5.41) is 10.2. The highest BCUT2D eigenvalue weighted by atomic mass is 32.1. The monoisotopic (exact) mass is 310 g/mol. The van der Waals surface area contributed by atoms with E-state index in [4.69, 9.17) is 12.2 Å². The lowest BCUT2D eigenvalue weighted by molar-refractivity contribution is 0.148. The zero-order valence-corrected chi connectivity index (χ0v) is 13.3. The van der Waals surface area contributed by atoms with Crippen LogP contribution >= 0.6 is 23.6 Å². The van der Waals surface area contributed by atoms with Crippen LogP contribution in [0.25, 0.3) is 11.5 Å². The number of hydrogen-bond donors (Lipinski definition) is 1. The van der Waals surface area contributed by atoms with Gasteiger partial charge in [0.15, 0.2) is 10.6 Å². The molecule has 3 rings (SSSR count). The van der Waals surface area contributed by atoms with Crippen LogP contribution in [0.15, 0.2) is 5.38 Å². The van der Waals surface area contributed by atoms with E-state index in [0.29, 0.717) is 4.77 Å². The minimum Gasteiger partial charge on any atom is -0.304 e. The molecule has 1 N–H and O–H groups in total. The predicted molar refractivity (Wildman–Crippen MR) is 82.3 cm³/mol. The number of H-pyrrole nitrogens is 1. The van der Waals surface area contributed by atoms with Gasteiger partial charge in [-0.25, -0.2) is 4.98 Å². The molecule has 0 atom stereocenters. The Balaban J connectivity index is 1.71. The lowest BCUT2D eigenvalue weighted by Gasteiger charge is -2.31. The number of piperazine rings is 1. The summed E-state index contributed by atoms with van der Waals surface area (Å²) in [7, 11) is 4.07. The van der Waals surface area contributed by atoms with Crippen LogP contribution in [0, 0.1) is 4.77 Å². The molecule has 3 heterocycles. The molecule has 0 aliphatic carbocycles. The molecule has 2 aromatic heterocycles. The lowest BCUT2D eigenvalue weighted by atomic mass is 10.3. The number of thiazole rings is 1. The molecule has 0 radical (unpaired) electrons. The van der Waals surface area contributed by atoms with Crippen molar-refractivity contribution in [2.45, 2.75) is 6.54 Å². The Bertz CT molecular complexity index is 634. The molecule has 0 amide bonds. The molecule has 1 saturated heterocycles. The molecule has 1 aliphatic heterocycles. The molecule has 0 aromatic carbocycles. The van der Waals surface area contributed by atoms with Crippen molar-refractivity contribution in [3.63, 3.8) is 0 Å². The zero-order valence-electron chi connectivity index (χ0n) is 11.7. The molecule has 6 nitrogen and oxygen atoms in total. The molecule has 0 saturated carbocycles. The smallest absolute Gasteiger partial charge is 0.195 e. The van der Waals surface area contributed by atoms with Crippen LogP contribution in [0.3, 0.4) is 0 Å². The van der Waals surface area contributed by atoms with Gasteiger partial charge in [-0.05, 0) is 19.3 Å². The number of hydrogen-bond acceptors (Lipinski definition) is 6. The maximum Gasteiger partial charge on any atom is 0.195 e. The number of rotatable bonds is 3. The van der Waals surface area contributed by atoms with E-state index in [1.165, 1.54) is 0 Å². The van der Waals surface area contributed by atoms with Crippen molar-refractivity contribution < 1.29 is 0 Å². The molecule has 0 spiro atoms. The Labute approximate surface area is 127 Å². The molecule has 108 valence electrons. The summed E-state index contributed by atoms with van der Waals surface area (Å²) >= 11 is 6.82. The van der Waals surface area contributed by atoms with Crippen LogP contribution in [-0.4, -0.2) is 62.8 Å². The van der Waals surface area contributed by atoms with Crippen molar-refractivity contribution in [3.8, 4) is 11.5 Å². The molecule has 8 heteroatoms. The first-order valence-corrected chi connectivity index (χ1v) is 7.89. The maximum atomic E-state index is 5.13. The molecule has 1 fully saturated rings. The van der Waals surface area contributed by atoms with Gasteiger partial charge in [0.2, 0.25) is 0 Å². The van der Waals surface area contributed by atoms with Crippen molar-refractivity contribution in [1.82, 2.24) is 29.5 Å². The summed E-state index contributed by atoms with van der Waals surface area (Å²) < 4.78 is 2.47. The van der Waals surface area contributed by atoms with Crippen LogP contribution in [-0.2, 0) is 13.6 Å². The van der Waals surface area contributed by atoms with E-state index in [2.05, 4.69) is 37.4 Å². The highest BCUT2D eigenvalue weighted by Crippen LogP contribution is 2.21. The van der Waals surface area contributed by atoms with Gasteiger partial charge in [0, 0.05) is 38.6 Å². The zero-order chi connectivity index (χ0) is 14.1. The second-order valence-electron chi connectivity index (χ2n) is 5.12. The molecule has 20 heavy (non-hydrogen) atoms. The number of aromatic amines is 1. The van der Waals surface area contributed by atoms with E-state index in [1.54, 1.807) is 11.3 Å². The van der Waals surface area contributed by atoms with Gasteiger partial charge < -0.3 is 9.47 Å². The standard InChI is InChI=1S/C12H18N6S2/c1-16-3-5-18(6-4-16)7-10-13-9(8-20-10)11-14-15-12(19)17(11)2/h8H,3-7H2,1-2H3,(H,15,19). The first kappa shape index (κ1) is 13.9. The van der Waals surface area contributed by atoms with Crippen molar-refractivity contribution in [2.75, 3.05) is 33.2 Å². The van der Waals surface area contributed by atoms with Crippen LogP contribution in [0.1, 0.15) is 5.01 Å². The SMILES string of the molecule is CN1CCN(Cc2nc(-c3n[nH]c(=S)n3C)cs2)CC1. The second kappa shape index (κ2) is 5.72. The third kappa shape index (κ3) is 2.83. The Hall–Kier alpha value is -1.09. The van der Waals surface area contributed by atoms with Crippen LogP contribution in [0.5, 0.6) is 0 Å². The van der Waals surface area contributed by atoms with Gasteiger partial charge in [0.05, 0.1) is 6.54 Å². The fourth-order valence-corrected chi connectivity index (χ4v) is 3.21. The van der Waals surface area contributed by atoms with Crippen molar-refractivity contribution in [3.05, 3.63) is 15.2 Å². The first-order chi connectivity index (χ1) is 9.63. The fourth-order valence-electron chi connectivity index (χ4n) is 2.26. The van der Waals surface area contributed by atoms with Gasteiger partial charge in [0.1, 0.15) is 10.7 Å². The average Bonchev–Trinajstić information content (AvgIpc) is 3.01. The van der Waals surface area contributed by atoms with E-state index in [9.17, 15) is 0 Å². The Kier molecular flexibility index (Phi) is 3.97. The van der Waals surface area contributed by atoms with E-state index in [0.717, 1.165) is 49.2 Å². The average molecular weight is 310 g/mol. The number of nitrogens with one attached hydrogen (secondary N) is 1. The maximum absolute atomic E-state index is 5.13. The Morgan fingerprint density at radius 1 is 1.30 bits per heavy atom. The Morgan fingerprint density at radius 2 is 2.05 bits per heavy atom. The summed E-state index contributed by atoms with van der Waals surface area (Å²) in [5.41, 5.74) is 0.897. The van der Waals surface area contributed by atoms with Gasteiger partial charge in [-0.2, -0.15) is 5.10 Å². The van der Waals surface area contributed by atoms with Gasteiger partial charge in [-0.15, -0.1) is 11.3 Å². The van der Waals surface area contributed by atoms with Crippen LogP contribution in [0.2, 0.25) is 0 Å². The van der Waals surface area contributed by atoms with Crippen molar-refractivity contribution in [2.24, 2.45) is 7.05 Å². The summed E-state index contributed by atoms with van der Waals surface area (Å²) in [6, 6.07) is 0. The lowest BCUT2D eigenvalue weighted by Crippen LogP contribution is -2.43. The molecule has 2 aromatic rings. The van der Waals surface area contributed by atoms with E-state index in [1.807, 2.05) is 11.6 Å². The highest BCUT2D eigenvalue weighted by Gasteiger charge is 2.16. The van der Waals surface area contributed by atoms with Crippen LogP contribution < -0.4 is 0 Å². The van der Waals surface area contributed by atoms with Crippen LogP contribution in [0.4, 0.5) is 0 Å². The van der Waals surface area contributed by atoms with Gasteiger partial charge >= 0.3 is 0 Å². The Morgan fingerprint density at radius 3 is 2.70 bits per heavy atom. The molecular formula is C12H18N6S2. The third-order valence-corrected chi connectivity index (χ3v) is 4.81. The van der Waals surface area contributed by atoms with E-state index >= 15 is 0 Å². The molecular weight excluding hydrogens is 292 g/mol. The summed E-state index contributed by atoms with van der Waals surface area (Å²) in [5.74, 6) is 0.802. The molecule has 1 aliphatic rings. The summed E-state index contributed by atoms with van der Waals surface area (Å²) in [6.07, 6.45) is 0. The highest BCUT2D eigenvalue weighted by molar-refractivity contribution is 7.71.